The molecule has 0 spiro atoms. The SMILES string of the molecule is Cc1ccc(-c2nc(SC(C)C(=O)Nc3ccc4c(c3)OCO4)[nH]c2-c2ccc(C)cc2)cc1. The highest BCUT2D eigenvalue weighted by Gasteiger charge is 2.21. The maximum absolute atomic E-state index is 12.9. The molecule has 0 saturated carbocycles. The van der Waals surface area contributed by atoms with Crippen molar-refractivity contribution in [1.29, 1.82) is 0 Å². The molecular weight excluding hydrogens is 446 g/mol. The molecule has 7 heteroatoms. The molecule has 1 aliphatic heterocycles. The van der Waals surface area contributed by atoms with Gasteiger partial charge in [0.15, 0.2) is 16.7 Å². The number of thioether (sulfide) groups is 1. The van der Waals surface area contributed by atoms with Crippen LogP contribution in [0, 0.1) is 13.8 Å². The van der Waals surface area contributed by atoms with E-state index in [1.807, 2.05) is 6.92 Å². The lowest BCUT2D eigenvalue weighted by atomic mass is 10.0. The van der Waals surface area contributed by atoms with Crippen molar-refractivity contribution in [3.8, 4) is 34.0 Å². The molecule has 0 aliphatic carbocycles. The number of hydrogen-bond acceptors (Lipinski definition) is 5. The Kier molecular flexibility index (Phi) is 6.02. The highest BCUT2D eigenvalue weighted by molar-refractivity contribution is 8.00. The topological polar surface area (TPSA) is 76.2 Å². The first-order valence-electron chi connectivity index (χ1n) is 11.1. The molecule has 3 aromatic carbocycles. The first kappa shape index (κ1) is 22.1. The molecule has 1 atom stereocenters. The summed E-state index contributed by atoms with van der Waals surface area (Å²) in [7, 11) is 0. The second-order valence-corrected chi connectivity index (χ2v) is 9.64. The number of imidazole rings is 1. The van der Waals surface area contributed by atoms with Gasteiger partial charge in [-0.2, -0.15) is 0 Å². The van der Waals surface area contributed by atoms with Gasteiger partial charge < -0.3 is 19.8 Å². The number of amides is 1. The smallest absolute Gasteiger partial charge is 0.237 e. The van der Waals surface area contributed by atoms with E-state index < -0.39 is 0 Å². The van der Waals surface area contributed by atoms with Crippen LogP contribution in [0.3, 0.4) is 0 Å². The monoisotopic (exact) mass is 471 g/mol. The van der Waals surface area contributed by atoms with Gasteiger partial charge in [-0.15, -0.1) is 0 Å². The number of H-pyrrole nitrogens is 1. The van der Waals surface area contributed by atoms with E-state index in [9.17, 15) is 4.79 Å². The number of ether oxygens (including phenoxy) is 2. The van der Waals surface area contributed by atoms with Crippen molar-refractivity contribution in [2.24, 2.45) is 0 Å². The molecule has 2 heterocycles. The zero-order valence-electron chi connectivity index (χ0n) is 19.2. The summed E-state index contributed by atoms with van der Waals surface area (Å²) >= 11 is 1.39. The molecule has 172 valence electrons. The van der Waals surface area contributed by atoms with E-state index in [1.165, 1.54) is 22.9 Å². The minimum absolute atomic E-state index is 0.117. The van der Waals surface area contributed by atoms with Crippen molar-refractivity contribution in [3.05, 3.63) is 77.9 Å². The number of carbonyl (C=O) groups excluding carboxylic acids is 1. The number of fused-ring (bicyclic) bond motifs is 1. The highest BCUT2D eigenvalue weighted by atomic mass is 32.2. The zero-order chi connectivity index (χ0) is 23.7. The molecule has 34 heavy (non-hydrogen) atoms. The van der Waals surface area contributed by atoms with Gasteiger partial charge in [0, 0.05) is 22.9 Å². The number of carbonyl (C=O) groups is 1. The second-order valence-electron chi connectivity index (χ2n) is 8.31. The first-order valence-corrected chi connectivity index (χ1v) is 12.0. The summed E-state index contributed by atoms with van der Waals surface area (Å²) < 4.78 is 10.7. The number of benzene rings is 3. The van der Waals surface area contributed by atoms with Crippen LogP contribution >= 0.6 is 11.8 Å². The third kappa shape index (κ3) is 4.65. The molecule has 6 nitrogen and oxygen atoms in total. The molecule has 0 radical (unpaired) electrons. The van der Waals surface area contributed by atoms with Gasteiger partial charge in [-0.1, -0.05) is 71.4 Å². The number of hydrogen-bond donors (Lipinski definition) is 2. The largest absolute Gasteiger partial charge is 0.454 e. The fourth-order valence-corrected chi connectivity index (χ4v) is 4.50. The Morgan fingerprint density at radius 3 is 2.29 bits per heavy atom. The molecule has 0 bridgehead atoms. The van der Waals surface area contributed by atoms with E-state index in [1.54, 1.807) is 18.2 Å². The van der Waals surface area contributed by atoms with Gasteiger partial charge in [0.1, 0.15) is 0 Å². The quantitative estimate of drug-likeness (QED) is 0.327. The summed E-state index contributed by atoms with van der Waals surface area (Å²) in [5.41, 5.74) is 6.95. The summed E-state index contributed by atoms with van der Waals surface area (Å²) in [5, 5.41) is 3.28. The molecule has 1 unspecified atom stereocenters. The molecule has 1 aromatic heterocycles. The van der Waals surface area contributed by atoms with E-state index >= 15 is 0 Å². The van der Waals surface area contributed by atoms with Gasteiger partial charge in [0.25, 0.3) is 0 Å². The van der Waals surface area contributed by atoms with Crippen molar-refractivity contribution in [3.63, 3.8) is 0 Å². The summed E-state index contributed by atoms with van der Waals surface area (Å²) in [6.45, 7) is 6.20. The van der Waals surface area contributed by atoms with E-state index in [4.69, 9.17) is 14.5 Å². The number of aromatic nitrogens is 2. The molecular formula is C27H25N3O3S. The van der Waals surface area contributed by atoms with E-state index in [-0.39, 0.29) is 18.0 Å². The zero-order valence-corrected chi connectivity index (χ0v) is 20.0. The van der Waals surface area contributed by atoms with Crippen LogP contribution in [0.1, 0.15) is 18.1 Å². The van der Waals surface area contributed by atoms with Crippen molar-refractivity contribution in [2.45, 2.75) is 31.2 Å². The normalized spacial score (nSPS) is 13.0. The molecule has 0 saturated heterocycles. The Balaban J connectivity index is 1.38. The fraction of sp³-hybridized carbons (Fsp3) is 0.185. The number of anilines is 1. The molecule has 5 rings (SSSR count). The van der Waals surface area contributed by atoms with Gasteiger partial charge >= 0.3 is 0 Å². The summed E-state index contributed by atoms with van der Waals surface area (Å²) in [5.74, 6) is 1.20. The van der Waals surface area contributed by atoms with E-state index in [2.05, 4.69) is 72.7 Å². The number of aromatic amines is 1. The third-order valence-corrected chi connectivity index (χ3v) is 6.63. The number of rotatable bonds is 6. The third-order valence-electron chi connectivity index (χ3n) is 5.65. The lowest BCUT2D eigenvalue weighted by molar-refractivity contribution is -0.115. The van der Waals surface area contributed by atoms with Crippen LogP contribution in [0.4, 0.5) is 5.69 Å². The van der Waals surface area contributed by atoms with Crippen molar-refractivity contribution in [1.82, 2.24) is 9.97 Å². The van der Waals surface area contributed by atoms with Crippen LogP contribution < -0.4 is 14.8 Å². The van der Waals surface area contributed by atoms with E-state index in [0.717, 1.165) is 22.5 Å². The van der Waals surface area contributed by atoms with Gasteiger partial charge in [0.2, 0.25) is 12.7 Å². The van der Waals surface area contributed by atoms with Gasteiger partial charge in [-0.05, 0) is 32.9 Å². The Labute approximate surface area is 202 Å². The van der Waals surface area contributed by atoms with Crippen LogP contribution in [-0.4, -0.2) is 27.9 Å². The van der Waals surface area contributed by atoms with Crippen molar-refractivity contribution >= 4 is 23.4 Å². The van der Waals surface area contributed by atoms with E-state index in [0.29, 0.717) is 22.3 Å². The summed E-state index contributed by atoms with van der Waals surface area (Å²) in [6, 6.07) is 22.0. The van der Waals surface area contributed by atoms with Gasteiger partial charge in [-0.25, -0.2) is 4.98 Å². The predicted molar refractivity (Wildman–Crippen MR) is 135 cm³/mol. The Morgan fingerprint density at radius 1 is 0.941 bits per heavy atom. The van der Waals surface area contributed by atoms with Crippen LogP contribution in [0.5, 0.6) is 11.5 Å². The number of aryl methyl sites for hydroxylation is 2. The highest BCUT2D eigenvalue weighted by Crippen LogP contribution is 2.36. The lowest BCUT2D eigenvalue weighted by Crippen LogP contribution is -2.22. The van der Waals surface area contributed by atoms with Crippen LogP contribution in [0.2, 0.25) is 0 Å². The van der Waals surface area contributed by atoms with Gasteiger partial charge in [0.05, 0.1) is 16.6 Å². The minimum atomic E-state index is -0.367. The summed E-state index contributed by atoms with van der Waals surface area (Å²) in [6.07, 6.45) is 0. The Hall–Kier alpha value is -3.71. The summed E-state index contributed by atoms with van der Waals surface area (Å²) in [4.78, 5) is 21.2. The molecule has 1 amide bonds. The van der Waals surface area contributed by atoms with Crippen LogP contribution in [-0.2, 0) is 4.79 Å². The Bertz CT molecular complexity index is 1270. The van der Waals surface area contributed by atoms with Crippen LogP contribution in [0.15, 0.2) is 71.9 Å². The molecule has 0 fully saturated rings. The van der Waals surface area contributed by atoms with Crippen molar-refractivity contribution in [2.75, 3.05) is 12.1 Å². The fourth-order valence-electron chi connectivity index (χ4n) is 3.70. The Morgan fingerprint density at radius 2 is 1.59 bits per heavy atom. The second kappa shape index (κ2) is 9.27. The number of nitrogens with one attached hydrogen (secondary N) is 2. The molecule has 2 N–H and O–H groups in total. The average Bonchev–Trinajstić information content (AvgIpc) is 3.47. The molecule has 1 aliphatic rings. The van der Waals surface area contributed by atoms with Crippen molar-refractivity contribution < 1.29 is 14.3 Å². The first-order chi connectivity index (χ1) is 16.5. The van der Waals surface area contributed by atoms with Gasteiger partial charge in [-0.3, -0.25) is 4.79 Å². The lowest BCUT2D eigenvalue weighted by Gasteiger charge is -2.11. The standard InChI is InChI=1S/C27H25N3O3S/c1-16-4-8-19(9-5-16)24-25(20-10-6-17(2)7-11-20)30-27(29-24)34-18(3)26(31)28-21-12-13-22-23(14-21)33-15-32-22/h4-14,18H,15H2,1-3H3,(H,28,31)(H,29,30). The number of nitrogens with zero attached hydrogens (tertiary/aromatic N) is 1. The maximum Gasteiger partial charge on any atom is 0.237 e. The maximum atomic E-state index is 12.9. The minimum Gasteiger partial charge on any atom is -0.454 e. The molecule has 4 aromatic rings. The predicted octanol–water partition coefficient (Wildman–Crippen LogP) is 6.21. The van der Waals surface area contributed by atoms with Crippen LogP contribution in [0.25, 0.3) is 22.5 Å². The average molecular weight is 472 g/mol.